The van der Waals surface area contributed by atoms with E-state index in [1.165, 1.54) is 66.1 Å². The molecule has 228 valence electrons. The van der Waals surface area contributed by atoms with Crippen LogP contribution in [0.3, 0.4) is 0 Å². The molecule has 8 aromatic rings. The number of hydrogen-bond acceptors (Lipinski definition) is 1. The summed E-state index contributed by atoms with van der Waals surface area (Å²) in [6, 6.07) is 64.5. The molecule has 1 nitrogen and oxygen atoms in total. The van der Waals surface area contributed by atoms with Crippen molar-refractivity contribution >= 4 is 38.6 Å². The second kappa shape index (κ2) is 11.1. The lowest BCUT2D eigenvalue weighted by Crippen LogP contribution is -2.16. The summed E-state index contributed by atoms with van der Waals surface area (Å²) < 4.78 is 0. The molecular formula is C47H35N. The highest BCUT2D eigenvalue weighted by Gasteiger charge is 2.36. The van der Waals surface area contributed by atoms with E-state index in [2.05, 4.69) is 195 Å². The molecule has 0 saturated heterocycles. The van der Waals surface area contributed by atoms with Crippen LogP contribution in [0.4, 0.5) is 17.1 Å². The Morgan fingerprint density at radius 1 is 0.375 bits per heavy atom. The molecule has 0 aliphatic heterocycles. The van der Waals surface area contributed by atoms with E-state index in [9.17, 15) is 0 Å². The molecule has 0 fully saturated rings. The van der Waals surface area contributed by atoms with Crippen molar-refractivity contribution in [3.63, 3.8) is 0 Å². The zero-order chi connectivity index (χ0) is 32.2. The number of para-hydroxylation sites is 1. The number of rotatable bonds is 5. The second-order valence-electron chi connectivity index (χ2n) is 13.4. The molecule has 0 amide bonds. The minimum absolute atomic E-state index is 0.100. The number of fused-ring (bicyclic) bond motifs is 5. The van der Waals surface area contributed by atoms with Gasteiger partial charge in [0.15, 0.2) is 0 Å². The Labute approximate surface area is 282 Å². The van der Waals surface area contributed by atoms with Crippen molar-refractivity contribution in [1.82, 2.24) is 0 Å². The second-order valence-corrected chi connectivity index (χ2v) is 13.4. The van der Waals surface area contributed by atoms with Crippen molar-refractivity contribution in [3.8, 4) is 33.4 Å². The molecule has 0 atom stereocenters. The predicted molar refractivity (Wildman–Crippen MR) is 205 cm³/mol. The summed E-state index contributed by atoms with van der Waals surface area (Å²) in [5.41, 5.74) is 13.6. The summed E-state index contributed by atoms with van der Waals surface area (Å²) in [7, 11) is 0. The summed E-state index contributed by atoms with van der Waals surface area (Å²) in [4.78, 5) is 2.46. The minimum Gasteiger partial charge on any atom is -0.310 e. The van der Waals surface area contributed by atoms with Gasteiger partial charge in [-0.05, 0) is 90.8 Å². The molecule has 1 heteroatoms. The normalized spacial score (nSPS) is 13.0. The Hall–Kier alpha value is -5.92. The number of benzene rings is 8. The molecular weight excluding hydrogens is 579 g/mol. The van der Waals surface area contributed by atoms with E-state index >= 15 is 0 Å². The molecule has 0 spiro atoms. The van der Waals surface area contributed by atoms with Crippen molar-refractivity contribution in [2.75, 3.05) is 4.90 Å². The van der Waals surface area contributed by atoms with Crippen molar-refractivity contribution in [2.45, 2.75) is 19.3 Å². The molecule has 0 unspecified atom stereocenters. The first-order valence-electron chi connectivity index (χ1n) is 16.8. The Bertz CT molecular complexity index is 2480. The van der Waals surface area contributed by atoms with Crippen LogP contribution in [0.15, 0.2) is 176 Å². The highest BCUT2D eigenvalue weighted by atomic mass is 15.1. The van der Waals surface area contributed by atoms with E-state index in [-0.39, 0.29) is 5.41 Å². The van der Waals surface area contributed by atoms with Crippen LogP contribution in [0, 0.1) is 0 Å². The topological polar surface area (TPSA) is 3.24 Å². The average Bonchev–Trinajstić information content (AvgIpc) is 3.37. The smallest absolute Gasteiger partial charge is 0.0540 e. The van der Waals surface area contributed by atoms with Crippen molar-refractivity contribution < 1.29 is 0 Å². The molecule has 0 aromatic heterocycles. The molecule has 0 saturated carbocycles. The third-order valence-electron chi connectivity index (χ3n) is 10.2. The Balaban J connectivity index is 1.31. The molecule has 0 radical (unpaired) electrons. The van der Waals surface area contributed by atoms with Gasteiger partial charge in [-0.15, -0.1) is 0 Å². The number of nitrogens with zero attached hydrogens (tertiary/aromatic N) is 1. The third-order valence-corrected chi connectivity index (χ3v) is 10.2. The SMILES string of the molecule is CC1(C)c2ccccc2-c2ccc(N(c3ccc4ccccc4c3)c3ccccc3-c3cccc4cccc(-c5ccccc5)c34)cc21. The maximum atomic E-state index is 2.46. The maximum absolute atomic E-state index is 2.46. The molecule has 8 aromatic carbocycles. The first-order valence-corrected chi connectivity index (χ1v) is 16.8. The fourth-order valence-electron chi connectivity index (χ4n) is 7.89. The van der Waals surface area contributed by atoms with E-state index in [0.717, 1.165) is 17.1 Å². The maximum Gasteiger partial charge on any atom is 0.0540 e. The molecule has 0 heterocycles. The third kappa shape index (κ3) is 4.47. The van der Waals surface area contributed by atoms with Gasteiger partial charge in [-0.1, -0.05) is 159 Å². The van der Waals surface area contributed by atoms with E-state index < -0.39 is 0 Å². The quantitative estimate of drug-likeness (QED) is 0.187. The van der Waals surface area contributed by atoms with Crippen LogP contribution >= 0.6 is 0 Å². The summed E-state index contributed by atoms with van der Waals surface area (Å²) >= 11 is 0. The van der Waals surface area contributed by atoms with Gasteiger partial charge in [0.05, 0.1) is 5.69 Å². The number of hydrogen-bond donors (Lipinski definition) is 0. The summed E-state index contributed by atoms with van der Waals surface area (Å²) in [6.07, 6.45) is 0. The minimum atomic E-state index is -0.100. The molecule has 0 N–H and O–H groups in total. The van der Waals surface area contributed by atoms with Gasteiger partial charge in [0.25, 0.3) is 0 Å². The van der Waals surface area contributed by atoms with Crippen LogP contribution in [-0.4, -0.2) is 0 Å². The van der Waals surface area contributed by atoms with Gasteiger partial charge in [0.1, 0.15) is 0 Å². The Morgan fingerprint density at radius 2 is 0.958 bits per heavy atom. The van der Waals surface area contributed by atoms with Gasteiger partial charge in [-0.3, -0.25) is 0 Å². The standard InChI is InChI=1S/C47H35N/c1-47(2)43-24-10-8-20-39(43)40-29-28-37(31-44(40)47)48(36-27-26-32-14-6-7-17-35(32)30-36)45-25-11-9-21-41(45)42-23-13-19-34-18-12-22-38(46(34)42)33-15-4-3-5-16-33/h3-31H,1-2H3. The van der Waals surface area contributed by atoms with Crippen molar-refractivity contribution in [1.29, 1.82) is 0 Å². The molecule has 1 aliphatic carbocycles. The van der Waals surface area contributed by atoms with Gasteiger partial charge in [-0.2, -0.15) is 0 Å². The largest absolute Gasteiger partial charge is 0.310 e. The summed E-state index contributed by atoms with van der Waals surface area (Å²) in [5, 5.41) is 4.96. The van der Waals surface area contributed by atoms with Crippen LogP contribution in [0.5, 0.6) is 0 Å². The summed E-state index contributed by atoms with van der Waals surface area (Å²) in [5.74, 6) is 0. The van der Waals surface area contributed by atoms with Crippen LogP contribution < -0.4 is 4.90 Å². The van der Waals surface area contributed by atoms with Gasteiger partial charge >= 0.3 is 0 Å². The van der Waals surface area contributed by atoms with Crippen molar-refractivity contribution in [3.05, 3.63) is 187 Å². The lowest BCUT2D eigenvalue weighted by atomic mass is 9.82. The van der Waals surface area contributed by atoms with E-state index in [4.69, 9.17) is 0 Å². The zero-order valence-electron chi connectivity index (χ0n) is 27.2. The Morgan fingerprint density at radius 3 is 1.79 bits per heavy atom. The van der Waals surface area contributed by atoms with Gasteiger partial charge < -0.3 is 4.90 Å². The average molecular weight is 614 g/mol. The molecule has 0 bridgehead atoms. The first-order chi connectivity index (χ1) is 23.6. The highest BCUT2D eigenvalue weighted by molar-refractivity contribution is 6.09. The van der Waals surface area contributed by atoms with E-state index in [0.29, 0.717) is 0 Å². The molecule has 1 aliphatic rings. The lowest BCUT2D eigenvalue weighted by Gasteiger charge is -2.30. The Kier molecular flexibility index (Phi) is 6.55. The number of anilines is 3. The lowest BCUT2D eigenvalue weighted by molar-refractivity contribution is 0.660. The fraction of sp³-hybridized carbons (Fsp3) is 0.0638. The summed E-state index contributed by atoms with van der Waals surface area (Å²) in [6.45, 7) is 4.72. The highest BCUT2D eigenvalue weighted by Crippen LogP contribution is 2.51. The van der Waals surface area contributed by atoms with E-state index in [1.54, 1.807) is 0 Å². The molecule has 9 rings (SSSR count). The van der Waals surface area contributed by atoms with Gasteiger partial charge in [0.2, 0.25) is 0 Å². The predicted octanol–water partition coefficient (Wildman–Crippen LogP) is 13.1. The first kappa shape index (κ1) is 28.3. The van der Waals surface area contributed by atoms with Crippen LogP contribution in [-0.2, 0) is 5.41 Å². The molecule has 48 heavy (non-hydrogen) atoms. The van der Waals surface area contributed by atoms with Crippen LogP contribution in [0.25, 0.3) is 54.9 Å². The van der Waals surface area contributed by atoms with Gasteiger partial charge in [0, 0.05) is 22.4 Å². The fourth-order valence-corrected chi connectivity index (χ4v) is 7.89. The van der Waals surface area contributed by atoms with Crippen molar-refractivity contribution in [2.24, 2.45) is 0 Å². The van der Waals surface area contributed by atoms with E-state index in [1.807, 2.05) is 0 Å². The zero-order valence-corrected chi connectivity index (χ0v) is 27.2. The monoisotopic (exact) mass is 613 g/mol. The van der Waals surface area contributed by atoms with Gasteiger partial charge in [-0.25, -0.2) is 0 Å². The van der Waals surface area contributed by atoms with Crippen LogP contribution in [0.1, 0.15) is 25.0 Å². The van der Waals surface area contributed by atoms with Crippen LogP contribution in [0.2, 0.25) is 0 Å².